The van der Waals surface area contributed by atoms with E-state index in [-0.39, 0.29) is 11.8 Å². The van der Waals surface area contributed by atoms with Gasteiger partial charge in [0.15, 0.2) is 0 Å². The van der Waals surface area contributed by atoms with Crippen LogP contribution in [0.5, 0.6) is 0 Å². The molecule has 26 heavy (non-hydrogen) atoms. The van der Waals surface area contributed by atoms with Gasteiger partial charge in [-0.1, -0.05) is 6.07 Å². The van der Waals surface area contributed by atoms with E-state index in [1.165, 1.54) is 25.9 Å². The maximum atomic E-state index is 12.7. The van der Waals surface area contributed by atoms with Crippen LogP contribution in [0.1, 0.15) is 31.4 Å². The van der Waals surface area contributed by atoms with Gasteiger partial charge in [-0.05, 0) is 64.5 Å². The van der Waals surface area contributed by atoms with E-state index in [4.69, 9.17) is 0 Å². The largest absolute Gasteiger partial charge is 0.350 e. The maximum absolute atomic E-state index is 12.7. The Balaban J connectivity index is 1.32. The van der Waals surface area contributed by atoms with E-state index >= 15 is 0 Å². The number of hydrogen-bond donors (Lipinski definition) is 1. The molecule has 4 heterocycles. The van der Waals surface area contributed by atoms with Gasteiger partial charge in [-0.15, -0.1) is 0 Å². The van der Waals surface area contributed by atoms with Crippen LogP contribution in [-0.2, 0) is 11.3 Å². The van der Waals surface area contributed by atoms with Crippen LogP contribution >= 0.6 is 0 Å². The Morgan fingerprint density at radius 2 is 2.08 bits per heavy atom. The number of likely N-dealkylation sites (tertiary alicyclic amines) is 2. The van der Waals surface area contributed by atoms with Crippen LogP contribution in [0.2, 0.25) is 0 Å². The Morgan fingerprint density at radius 1 is 1.23 bits per heavy atom. The molecule has 6 heteroatoms. The molecule has 0 bridgehead atoms. The summed E-state index contributed by atoms with van der Waals surface area (Å²) in [7, 11) is 2.20. The molecular formula is C20H29N5O. The van der Waals surface area contributed by atoms with Gasteiger partial charge in [-0.25, -0.2) is 4.98 Å². The van der Waals surface area contributed by atoms with E-state index in [1.807, 2.05) is 35.0 Å². The molecule has 2 aromatic heterocycles. The molecule has 4 rings (SSSR count). The number of imidazole rings is 1. The lowest BCUT2D eigenvalue weighted by Gasteiger charge is -2.41. The molecule has 2 aliphatic heterocycles. The molecule has 140 valence electrons. The number of nitrogens with one attached hydrogen (secondary N) is 1. The molecule has 2 aliphatic rings. The van der Waals surface area contributed by atoms with Gasteiger partial charge < -0.3 is 14.6 Å². The summed E-state index contributed by atoms with van der Waals surface area (Å²) in [4.78, 5) is 22.1. The van der Waals surface area contributed by atoms with Crippen LogP contribution in [0.3, 0.4) is 0 Å². The van der Waals surface area contributed by atoms with E-state index in [9.17, 15) is 4.79 Å². The summed E-state index contributed by atoms with van der Waals surface area (Å²) >= 11 is 0. The lowest BCUT2D eigenvalue weighted by atomic mass is 9.93. The van der Waals surface area contributed by atoms with Gasteiger partial charge in [0.1, 0.15) is 5.65 Å². The molecule has 0 unspecified atom stereocenters. The highest BCUT2D eigenvalue weighted by molar-refractivity contribution is 5.79. The van der Waals surface area contributed by atoms with Crippen molar-refractivity contribution in [1.29, 1.82) is 0 Å². The molecule has 0 spiro atoms. The molecule has 1 N–H and O–H groups in total. The van der Waals surface area contributed by atoms with Gasteiger partial charge >= 0.3 is 0 Å². The van der Waals surface area contributed by atoms with Crippen LogP contribution < -0.4 is 5.32 Å². The molecule has 0 aromatic carbocycles. The number of carbonyl (C=O) groups is 1. The first-order valence-corrected chi connectivity index (χ1v) is 9.82. The Kier molecular flexibility index (Phi) is 5.22. The number of rotatable bonds is 4. The van der Waals surface area contributed by atoms with Crippen LogP contribution in [-0.4, -0.2) is 64.4 Å². The fraction of sp³-hybridized carbons (Fsp3) is 0.600. The normalized spacial score (nSPS) is 23.3. The Morgan fingerprint density at radius 3 is 2.92 bits per heavy atom. The Hall–Kier alpha value is -1.92. The molecule has 2 aromatic rings. The number of piperidine rings is 2. The van der Waals surface area contributed by atoms with Crippen molar-refractivity contribution in [3.8, 4) is 0 Å². The highest BCUT2D eigenvalue weighted by Gasteiger charge is 2.31. The van der Waals surface area contributed by atoms with Gasteiger partial charge in [0.2, 0.25) is 5.91 Å². The number of nitrogens with zero attached hydrogens (tertiary/aromatic N) is 4. The van der Waals surface area contributed by atoms with Crippen molar-refractivity contribution in [3.63, 3.8) is 0 Å². The minimum absolute atomic E-state index is 0.114. The van der Waals surface area contributed by atoms with Crippen molar-refractivity contribution < 1.29 is 4.79 Å². The monoisotopic (exact) mass is 355 g/mol. The van der Waals surface area contributed by atoms with Crippen molar-refractivity contribution in [2.75, 3.05) is 33.2 Å². The Labute approximate surface area is 155 Å². The summed E-state index contributed by atoms with van der Waals surface area (Å²) in [6, 6.07) is 6.59. The number of hydrogen-bond acceptors (Lipinski definition) is 4. The van der Waals surface area contributed by atoms with Gasteiger partial charge in [0, 0.05) is 18.8 Å². The van der Waals surface area contributed by atoms with Crippen molar-refractivity contribution >= 4 is 11.6 Å². The van der Waals surface area contributed by atoms with E-state index in [0.717, 1.165) is 37.3 Å². The maximum Gasteiger partial charge on any atom is 0.224 e. The van der Waals surface area contributed by atoms with E-state index in [2.05, 4.69) is 27.1 Å². The highest BCUT2D eigenvalue weighted by Crippen LogP contribution is 2.23. The zero-order valence-electron chi connectivity index (χ0n) is 15.6. The molecule has 6 nitrogen and oxygen atoms in total. The summed E-state index contributed by atoms with van der Waals surface area (Å²) in [6.07, 6.45) is 8.43. The number of aromatic nitrogens is 2. The minimum Gasteiger partial charge on any atom is -0.350 e. The SMILES string of the molecule is CN1CCC(N2CCC[C@@H](C(=O)NCc3cnc4ccccn34)C2)CC1. The first-order valence-electron chi connectivity index (χ1n) is 9.82. The van der Waals surface area contributed by atoms with E-state index in [0.29, 0.717) is 12.6 Å². The number of fused-ring (bicyclic) bond motifs is 1. The predicted octanol–water partition coefficient (Wildman–Crippen LogP) is 1.76. The van der Waals surface area contributed by atoms with E-state index < -0.39 is 0 Å². The summed E-state index contributed by atoms with van der Waals surface area (Å²) in [5.41, 5.74) is 1.94. The molecular weight excluding hydrogens is 326 g/mol. The minimum atomic E-state index is 0.114. The highest BCUT2D eigenvalue weighted by atomic mass is 16.1. The van der Waals surface area contributed by atoms with Gasteiger partial charge in [0.05, 0.1) is 24.4 Å². The van der Waals surface area contributed by atoms with Crippen LogP contribution in [0, 0.1) is 5.92 Å². The lowest BCUT2D eigenvalue weighted by Crippen LogP contribution is -2.50. The molecule has 0 aliphatic carbocycles. The second-order valence-corrected chi connectivity index (χ2v) is 7.76. The average Bonchev–Trinajstić information content (AvgIpc) is 3.10. The Bertz CT molecular complexity index is 749. The van der Waals surface area contributed by atoms with Gasteiger partial charge in [-0.2, -0.15) is 0 Å². The molecule has 2 saturated heterocycles. The third-order valence-electron chi connectivity index (χ3n) is 5.97. The third kappa shape index (κ3) is 3.76. The average molecular weight is 355 g/mol. The zero-order chi connectivity index (χ0) is 17.9. The fourth-order valence-corrected chi connectivity index (χ4v) is 4.35. The molecule has 2 fully saturated rings. The number of carbonyl (C=O) groups excluding carboxylic acids is 1. The predicted molar refractivity (Wildman–Crippen MR) is 102 cm³/mol. The quantitative estimate of drug-likeness (QED) is 0.908. The van der Waals surface area contributed by atoms with Crippen LogP contribution in [0.4, 0.5) is 0 Å². The van der Waals surface area contributed by atoms with Crippen LogP contribution in [0.25, 0.3) is 5.65 Å². The lowest BCUT2D eigenvalue weighted by molar-refractivity contribution is -0.127. The fourth-order valence-electron chi connectivity index (χ4n) is 4.35. The van der Waals surface area contributed by atoms with Crippen molar-refractivity contribution in [1.82, 2.24) is 24.5 Å². The second kappa shape index (κ2) is 7.76. The summed E-state index contributed by atoms with van der Waals surface area (Å²) in [5.74, 6) is 0.302. The molecule has 0 radical (unpaired) electrons. The summed E-state index contributed by atoms with van der Waals surface area (Å²) < 4.78 is 2.03. The summed E-state index contributed by atoms with van der Waals surface area (Å²) in [5, 5.41) is 3.14. The first-order chi connectivity index (χ1) is 12.7. The first kappa shape index (κ1) is 17.5. The zero-order valence-corrected chi connectivity index (χ0v) is 15.6. The molecule has 1 amide bonds. The van der Waals surface area contributed by atoms with Gasteiger partial charge in [0.25, 0.3) is 0 Å². The number of amides is 1. The van der Waals surface area contributed by atoms with Gasteiger partial charge in [-0.3, -0.25) is 9.69 Å². The van der Waals surface area contributed by atoms with E-state index in [1.54, 1.807) is 0 Å². The smallest absolute Gasteiger partial charge is 0.224 e. The molecule has 0 saturated carbocycles. The van der Waals surface area contributed by atoms with Crippen molar-refractivity contribution in [3.05, 3.63) is 36.3 Å². The standard InChI is InChI=1S/C20H29N5O/c1-23-11-7-17(8-12-23)24-9-4-5-16(15-24)20(26)22-14-18-13-21-19-6-2-3-10-25(18)19/h2-3,6,10,13,16-17H,4-5,7-9,11-12,14-15H2,1H3,(H,22,26)/t16-/m1/s1. The topological polar surface area (TPSA) is 52.9 Å². The molecule has 1 atom stereocenters. The van der Waals surface area contributed by atoms with Crippen LogP contribution in [0.15, 0.2) is 30.6 Å². The number of pyridine rings is 1. The third-order valence-corrected chi connectivity index (χ3v) is 5.97. The van der Waals surface area contributed by atoms with Crippen molar-refractivity contribution in [2.24, 2.45) is 5.92 Å². The summed E-state index contributed by atoms with van der Waals surface area (Å²) in [6.45, 7) is 4.94. The van der Waals surface area contributed by atoms with Crippen molar-refractivity contribution in [2.45, 2.75) is 38.3 Å². The second-order valence-electron chi connectivity index (χ2n) is 7.76.